The van der Waals surface area contributed by atoms with Crippen LogP contribution in [0.1, 0.15) is 12.5 Å². The highest BCUT2D eigenvalue weighted by Crippen LogP contribution is 2.34. The third-order valence-corrected chi connectivity index (χ3v) is 4.32. The second-order valence-corrected chi connectivity index (χ2v) is 6.17. The van der Waals surface area contributed by atoms with E-state index in [1.807, 2.05) is 72.8 Å². The topological polar surface area (TPSA) is 48.0 Å². The van der Waals surface area contributed by atoms with E-state index in [-0.39, 0.29) is 5.91 Å². The smallest absolute Gasteiger partial charge is 0.224 e. The molecule has 0 aliphatic heterocycles. The minimum Gasteiger partial charge on any atom is -0.497 e. The molecule has 3 aromatic carbocycles. The Morgan fingerprint density at radius 2 is 1.54 bits per heavy atom. The number of anilines is 1. The molecule has 0 fully saturated rings. The molecule has 5 heteroatoms. The number of benzene rings is 3. The van der Waals surface area contributed by atoms with Crippen LogP contribution in [-0.4, -0.2) is 20.1 Å². The zero-order valence-corrected chi connectivity index (χ0v) is 16.2. The van der Waals surface area contributed by atoms with E-state index in [0.29, 0.717) is 35.2 Å². The first-order valence-electron chi connectivity index (χ1n) is 8.93. The van der Waals surface area contributed by atoms with Crippen LogP contribution < -0.4 is 19.1 Å². The Morgan fingerprint density at radius 1 is 0.821 bits per heavy atom. The minimum absolute atomic E-state index is 0.103. The molecule has 144 valence electrons. The van der Waals surface area contributed by atoms with Crippen LogP contribution in [0.5, 0.6) is 23.0 Å². The van der Waals surface area contributed by atoms with Gasteiger partial charge in [0, 0.05) is 12.5 Å². The third-order valence-electron chi connectivity index (χ3n) is 4.32. The van der Waals surface area contributed by atoms with Gasteiger partial charge >= 0.3 is 0 Å². The summed E-state index contributed by atoms with van der Waals surface area (Å²) in [4.78, 5) is 14.2. The molecule has 0 radical (unpaired) electrons. The molecule has 0 atom stereocenters. The summed E-state index contributed by atoms with van der Waals surface area (Å²) in [6, 6.07) is 22.5. The summed E-state index contributed by atoms with van der Waals surface area (Å²) >= 11 is 0. The second-order valence-electron chi connectivity index (χ2n) is 6.17. The van der Waals surface area contributed by atoms with Crippen LogP contribution in [0.2, 0.25) is 0 Å². The first-order valence-corrected chi connectivity index (χ1v) is 8.93. The minimum atomic E-state index is -0.103. The maximum Gasteiger partial charge on any atom is 0.224 e. The number of hydrogen-bond donors (Lipinski definition) is 0. The lowest BCUT2D eigenvalue weighted by atomic mass is 10.1. The van der Waals surface area contributed by atoms with Crippen molar-refractivity contribution in [2.75, 3.05) is 19.1 Å². The summed E-state index contributed by atoms with van der Waals surface area (Å²) in [7, 11) is 3.22. The third kappa shape index (κ3) is 4.43. The lowest BCUT2D eigenvalue weighted by molar-refractivity contribution is -0.116. The van der Waals surface area contributed by atoms with E-state index >= 15 is 0 Å². The molecule has 0 saturated heterocycles. The number of rotatable bonds is 7. The van der Waals surface area contributed by atoms with Crippen molar-refractivity contribution < 1.29 is 19.0 Å². The molecule has 0 aliphatic carbocycles. The maximum absolute atomic E-state index is 12.5. The monoisotopic (exact) mass is 377 g/mol. The molecule has 0 spiro atoms. The van der Waals surface area contributed by atoms with Crippen LogP contribution in [0.3, 0.4) is 0 Å². The van der Waals surface area contributed by atoms with Crippen LogP contribution in [0.4, 0.5) is 5.69 Å². The Morgan fingerprint density at radius 3 is 2.21 bits per heavy atom. The molecule has 0 bridgehead atoms. The van der Waals surface area contributed by atoms with Gasteiger partial charge < -0.3 is 19.1 Å². The van der Waals surface area contributed by atoms with Crippen molar-refractivity contribution in [1.82, 2.24) is 0 Å². The van der Waals surface area contributed by atoms with Crippen molar-refractivity contribution in [3.05, 3.63) is 78.4 Å². The standard InChI is InChI=1S/C23H23NO4/c1-17(25)24(16-18-15-20(26-2)13-14-22(18)27-3)21-11-7-8-12-23(21)28-19-9-5-4-6-10-19/h4-15H,16H2,1-3H3. The zero-order chi connectivity index (χ0) is 19.9. The Hall–Kier alpha value is -3.47. The van der Waals surface area contributed by atoms with Gasteiger partial charge in [-0.1, -0.05) is 30.3 Å². The molecule has 0 unspecified atom stereocenters. The van der Waals surface area contributed by atoms with Crippen LogP contribution in [0.25, 0.3) is 0 Å². The number of amides is 1. The highest BCUT2D eigenvalue weighted by molar-refractivity contribution is 5.93. The van der Waals surface area contributed by atoms with Crippen molar-refractivity contribution in [3.8, 4) is 23.0 Å². The Kier molecular flexibility index (Phi) is 6.17. The fourth-order valence-corrected chi connectivity index (χ4v) is 2.92. The number of ether oxygens (including phenoxy) is 3. The molecule has 28 heavy (non-hydrogen) atoms. The number of methoxy groups -OCH3 is 2. The number of carbonyl (C=O) groups is 1. The van der Waals surface area contributed by atoms with E-state index in [0.717, 1.165) is 5.56 Å². The Balaban J connectivity index is 1.97. The number of para-hydroxylation sites is 3. The van der Waals surface area contributed by atoms with E-state index in [1.165, 1.54) is 6.92 Å². The summed E-state index contributed by atoms with van der Waals surface area (Å²) in [5.74, 6) is 2.60. The molecule has 3 aromatic rings. The summed E-state index contributed by atoms with van der Waals surface area (Å²) < 4.78 is 16.8. The van der Waals surface area contributed by atoms with E-state index in [9.17, 15) is 4.79 Å². The fourth-order valence-electron chi connectivity index (χ4n) is 2.92. The van der Waals surface area contributed by atoms with Crippen molar-refractivity contribution in [1.29, 1.82) is 0 Å². The first kappa shape index (κ1) is 19.3. The lowest BCUT2D eigenvalue weighted by Gasteiger charge is -2.25. The molecule has 5 nitrogen and oxygen atoms in total. The average Bonchev–Trinajstić information content (AvgIpc) is 2.73. The first-order chi connectivity index (χ1) is 13.6. The van der Waals surface area contributed by atoms with E-state index < -0.39 is 0 Å². The number of hydrogen-bond acceptors (Lipinski definition) is 4. The quantitative estimate of drug-likeness (QED) is 0.578. The summed E-state index contributed by atoms with van der Waals surface area (Å²) in [5.41, 5.74) is 1.52. The molecule has 0 saturated carbocycles. The predicted molar refractivity (Wildman–Crippen MR) is 109 cm³/mol. The van der Waals surface area contributed by atoms with Crippen molar-refractivity contribution in [2.24, 2.45) is 0 Å². The van der Waals surface area contributed by atoms with Gasteiger partial charge in [-0.3, -0.25) is 4.79 Å². The van der Waals surface area contributed by atoms with Crippen LogP contribution in [0.15, 0.2) is 72.8 Å². The molecule has 0 N–H and O–H groups in total. The average molecular weight is 377 g/mol. The van der Waals surface area contributed by atoms with Crippen LogP contribution in [-0.2, 0) is 11.3 Å². The van der Waals surface area contributed by atoms with Gasteiger partial charge in [-0.2, -0.15) is 0 Å². The Labute approximate surface area is 165 Å². The van der Waals surface area contributed by atoms with E-state index in [2.05, 4.69) is 0 Å². The molecule has 0 aliphatic rings. The van der Waals surface area contributed by atoms with Crippen LogP contribution in [0, 0.1) is 0 Å². The van der Waals surface area contributed by atoms with Gasteiger partial charge in [0.2, 0.25) is 5.91 Å². The zero-order valence-electron chi connectivity index (χ0n) is 16.2. The molecule has 1 amide bonds. The van der Waals surface area contributed by atoms with Crippen molar-refractivity contribution in [2.45, 2.75) is 13.5 Å². The van der Waals surface area contributed by atoms with Crippen molar-refractivity contribution >= 4 is 11.6 Å². The summed E-state index contributed by atoms with van der Waals surface area (Å²) in [6.07, 6.45) is 0. The number of nitrogens with zero attached hydrogens (tertiary/aromatic N) is 1. The van der Waals surface area contributed by atoms with Gasteiger partial charge in [0.15, 0.2) is 5.75 Å². The largest absolute Gasteiger partial charge is 0.497 e. The van der Waals surface area contributed by atoms with Gasteiger partial charge in [0.25, 0.3) is 0 Å². The predicted octanol–water partition coefficient (Wildman–Crippen LogP) is 5.05. The van der Waals surface area contributed by atoms with E-state index in [1.54, 1.807) is 19.1 Å². The van der Waals surface area contributed by atoms with Gasteiger partial charge in [0.05, 0.1) is 26.5 Å². The molecular formula is C23H23NO4. The number of carbonyl (C=O) groups excluding carboxylic acids is 1. The van der Waals surface area contributed by atoms with Crippen LogP contribution >= 0.6 is 0 Å². The van der Waals surface area contributed by atoms with E-state index in [4.69, 9.17) is 14.2 Å². The van der Waals surface area contributed by atoms with Gasteiger partial charge in [0.1, 0.15) is 17.2 Å². The molecule has 0 heterocycles. The highest BCUT2D eigenvalue weighted by atomic mass is 16.5. The highest BCUT2D eigenvalue weighted by Gasteiger charge is 2.19. The second kappa shape index (κ2) is 8.95. The molecular weight excluding hydrogens is 354 g/mol. The molecule has 0 aromatic heterocycles. The summed E-state index contributed by atoms with van der Waals surface area (Å²) in [6.45, 7) is 1.86. The normalized spacial score (nSPS) is 10.2. The maximum atomic E-state index is 12.5. The van der Waals surface area contributed by atoms with Gasteiger partial charge in [-0.15, -0.1) is 0 Å². The fraction of sp³-hybridized carbons (Fsp3) is 0.174. The van der Waals surface area contributed by atoms with Gasteiger partial charge in [-0.25, -0.2) is 0 Å². The lowest BCUT2D eigenvalue weighted by Crippen LogP contribution is -2.28. The SMILES string of the molecule is COc1ccc(OC)c(CN(C(C)=O)c2ccccc2Oc2ccccc2)c1. The van der Waals surface area contributed by atoms with Gasteiger partial charge in [-0.05, 0) is 42.5 Å². The Bertz CT molecular complexity index is 940. The summed E-state index contributed by atoms with van der Waals surface area (Å²) in [5, 5.41) is 0. The van der Waals surface area contributed by atoms with Crippen molar-refractivity contribution in [3.63, 3.8) is 0 Å². The molecule has 3 rings (SSSR count).